The molecule has 6 nitrogen and oxygen atoms in total. The zero-order valence-electron chi connectivity index (χ0n) is 19.0. The minimum atomic E-state index is -4.35. The lowest BCUT2D eigenvalue weighted by molar-refractivity contribution is -0.137. The smallest absolute Gasteiger partial charge is 0.416 e. The number of carbonyl (C=O) groups is 2. The van der Waals surface area contributed by atoms with E-state index in [4.69, 9.17) is 4.74 Å². The molecule has 1 N–H and O–H groups in total. The maximum absolute atomic E-state index is 12.9. The number of nitrogens with zero attached hydrogens (tertiary/aromatic N) is 2. The van der Waals surface area contributed by atoms with Crippen molar-refractivity contribution in [3.63, 3.8) is 0 Å². The summed E-state index contributed by atoms with van der Waals surface area (Å²) in [7, 11) is 1.56. The SMILES string of the molecule is COc1cccc(N2CC(C(=O)NC3CCN(Cc4cccc(C(F)(F)F)c4)CC3)CC2=O)c1. The standard InChI is InChI=1S/C25H28F3N3O3/c1-34-22-7-3-6-21(14-22)31-16-18(13-23(31)32)24(33)29-20-8-10-30(11-9-20)15-17-4-2-5-19(12-17)25(26,27)28/h2-7,12,14,18,20H,8-11,13,15-16H2,1H3,(H,29,33). The Morgan fingerprint density at radius 2 is 1.85 bits per heavy atom. The molecule has 0 aliphatic carbocycles. The monoisotopic (exact) mass is 475 g/mol. The normalized spacial score (nSPS) is 19.9. The Bertz CT molecular complexity index is 1040. The van der Waals surface area contributed by atoms with E-state index in [9.17, 15) is 22.8 Å². The van der Waals surface area contributed by atoms with E-state index in [1.807, 2.05) is 12.1 Å². The average molecular weight is 476 g/mol. The van der Waals surface area contributed by atoms with Gasteiger partial charge in [0.15, 0.2) is 0 Å². The largest absolute Gasteiger partial charge is 0.497 e. The van der Waals surface area contributed by atoms with Crippen molar-refractivity contribution in [1.29, 1.82) is 0 Å². The van der Waals surface area contributed by atoms with Crippen molar-refractivity contribution in [3.8, 4) is 5.75 Å². The number of ether oxygens (including phenoxy) is 1. The number of benzene rings is 2. The maximum atomic E-state index is 12.9. The number of nitrogens with one attached hydrogen (secondary N) is 1. The molecule has 0 radical (unpaired) electrons. The van der Waals surface area contributed by atoms with E-state index in [1.165, 1.54) is 12.1 Å². The molecule has 0 bridgehead atoms. The van der Waals surface area contributed by atoms with Crippen molar-refractivity contribution in [1.82, 2.24) is 10.2 Å². The van der Waals surface area contributed by atoms with Crippen molar-refractivity contribution in [2.75, 3.05) is 31.6 Å². The Hall–Kier alpha value is -3.07. The van der Waals surface area contributed by atoms with Crippen LogP contribution in [-0.4, -0.2) is 49.5 Å². The van der Waals surface area contributed by atoms with E-state index in [1.54, 1.807) is 30.2 Å². The second kappa shape index (κ2) is 10.0. The van der Waals surface area contributed by atoms with Crippen LogP contribution in [0.15, 0.2) is 48.5 Å². The average Bonchev–Trinajstić information content (AvgIpc) is 3.22. The number of hydrogen-bond donors (Lipinski definition) is 1. The number of rotatable bonds is 6. The maximum Gasteiger partial charge on any atom is 0.416 e. The van der Waals surface area contributed by atoms with Crippen LogP contribution in [0.3, 0.4) is 0 Å². The van der Waals surface area contributed by atoms with Gasteiger partial charge in [-0.3, -0.25) is 14.5 Å². The second-order valence-electron chi connectivity index (χ2n) is 8.86. The molecular weight excluding hydrogens is 447 g/mol. The molecule has 4 rings (SSSR count). The molecule has 2 aliphatic heterocycles. The Balaban J connectivity index is 1.27. The molecule has 0 aromatic heterocycles. The molecule has 1 unspecified atom stereocenters. The molecule has 2 aromatic rings. The lowest BCUT2D eigenvalue weighted by Crippen LogP contribution is -2.46. The fourth-order valence-corrected chi connectivity index (χ4v) is 4.57. The van der Waals surface area contributed by atoms with Crippen LogP contribution in [0.1, 0.15) is 30.4 Å². The molecule has 2 heterocycles. The molecule has 0 saturated carbocycles. The first-order chi connectivity index (χ1) is 16.2. The number of anilines is 1. The number of halogens is 3. The van der Waals surface area contributed by atoms with Gasteiger partial charge in [0.2, 0.25) is 11.8 Å². The van der Waals surface area contributed by atoms with Crippen molar-refractivity contribution in [2.45, 2.75) is 38.0 Å². The van der Waals surface area contributed by atoms with Crippen LogP contribution in [0.2, 0.25) is 0 Å². The van der Waals surface area contributed by atoms with Crippen LogP contribution in [0.4, 0.5) is 18.9 Å². The van der Waals surface area contributed by atoms with Crippen LogP contribution in [0.25, 0.3) is 0 Å². The quantitative estimate of drug-likeness (QED) is 0.690. The van der Waals surface area contributed by atoms with Gasteiger partial charge in [0.1, 0.15) is 5.75 Å². The predicted octanol–water partition coefficient (Wildman–Crippen LogP) is 3.85. The van der Waals surface area contributed by atoms with Crippen molar-refractivity contribution in [2.24, 2.45) is 5.92 Å². The fourth-order valence-electron chi connectivity index (χ4n) is 4.57. The van der Waals surface area contributed by atoms with Gasteiger partial charge in [0.25, 0.3) is 0 Å². The number of hydrogen-bond acceptors (Lipinski definition) is 4. The van der Waals surface area contributed by atoms with Crippen LogP contribution < -0.4 is 15.0 Å². The zero-order chi connectivity index (χ0) is 24.3. The zero-order valence-corrected chi connectivity index (χ0v) is 19.0. The summed E-state index contributed by atoms with van der Waals surface area (Å²) in [4.78, 5) is 29.1. The fraction of sp³-hybridized carbons (Fsp3) is 0.440. The number of alkyl halides is 3. The summed E-state index contributed by atoms with van der Waals surface area (Å²) in [5, 5.41) is 3.07. The molecule has 2 aromatic carbocycles. The van der Waals surface area contributed by atoms with E-state index >= 15 is 0 Å². The van der Waals surface area contributed by atoms with Crippen molar-refractivity contribution < 1.29 is 27.5 Å². The highest BCUT2D eigenvalue weighted by Gasteiger charge is 2.36. The third-order valence-electron chi connectivity index (χ3n) is 6.46. The minimum Gasteiger partial charge on any atom is -0.497 e. The highest BCUT2D eigenvalue weighted by molar-refractivity contribution is 6.00. The molecule has 2 aliphatic rings. The number of methoxy groups -OCH3 is 1. The lowest BCUT2D eigenvalue weighted by Gasteiger charge is -2.33. The molecule has 2 amide bonds. The van der Waals surface area contributed by atoms with Crippen LogP contribution in [-0.2, 0) is 22.3 Å². The Labute approximate surface area is 196 Å². The number of likely N-dealkylation sites (tertiary alicyclic amines) is 1. The third-order valence-corrected chi connectivity index (χ3v) is 6.46. The van der Waals surface area contributed by atoms with E-state index < -0.39 is 17.7 Å². The first kappa shape index (κ1) is 24.1. The summed E-state index contributed by atoms with van der Waals surface area (Å²) < 4.78 is 44.0. The summed E-state index contributed by atoms with van der Waals surface area (Å²) in [6, 6.07) is 12.6. The van der Waals surface area contributed by atoms with Gasteiger partial charge in [0.05, 0.1) is 18.6 Å². The Morgan fingerprint density at radius 3 is 2.56 bits per heavy atom. The Morgan fingerprint density at radius 1 is 1.12 bits per heavy atom. The van der Waals surface area contributed by atoms with Crippen LogP contribution in [0, 0.1) is 5.92 Å². The van der Waals surface area contributed by atoms with E-state index in [-0.39, 0.29) is 24.3 Å². The van der Waals surface area contributed by atoms with Gasteiger partial charge in [-0.05, 0) is 36.6 Å². The molecule has 182 valence electrons. The van der Waals surface area contributed by atoms with E-state index in [2.05, 4.69) is 10.2 Å². The number of piperidine rings is 1. The topological polar surface area (TPSA) is 61.9 Å². The molecule has 9 heteroatoms. The van der Waals surface area contributed by atoms with Crippen LogP contribution in [0.5, 0.6) is 5.75 Å². The summed E-state index contributed by atoms with van der Waals surface area (Å²) >= 11 is 0. The molecule has 1 atom stereocenters. The summed E-state index contributed by atoms with van der Waals surface area (Å²) in [5.41, 5.74) is 0.697. The first-order valence-electron chi connectivity index (χ1n) is 11.4. The second-order valence-corrected chi connectivity index (χ2v) is 8.86. The van der Waals surface area contributed by atoms with E-state index in [0.717, 1.165) is 6.07 Å². The molecule has 2 fully saturated rings. The third kappa shape index (κ3) is 5.70. The molecule has 0 spiro atoms. The van der Waals surface area contributed by atoms with Crippen LogP contribution >= 0.6 is 0 Å². The van der Waals surface area contributed by atoms with E-state index in [0.29, 0.717) is 56.0 Å². The summed E-state index contributed by atoms with van der Waals surface area (Å²) in [5.74, 6) is 0.0105. The van der Waals surface area contributed by atoms with Gasteiger partial charge in [-0.1, -0.05) is 24.3 Å². The number of amides is 2. The molecule has 34 heavy (non-hydrogen) atoms. The van der Waals surface area contributed by atoms with Gasteiger partial charge in [-0.25, -0.2) is 0 Å². The van der Waals surface area contributed by atoms with Crippen molar-refractivity contribution in [3.05, 3.63) is 59.7 Å². The van der Waals surface area contributed by atoms with Gasteiger partial charge < -0.3 is 15.0 Å². The van der Waals surface area contributed by atoms with Gasteiger partial charge in [-0.2, -0.15) is 13.2 Å². The number of carbonyl (C=O) groups excluding carboxylic acids is 2. The highest BCUT2D eigenvalue weighted by atomic mass is 19.4. The first-order valence-corrected chi connectivity index (χ1v) is 11.4. The Kier molecular flexibility index (Phi) is 7.11. The van der Waals surface area contributed by atoms with Crippen molar-refractivity contribution >= 4 is 17.5 Å². The van der Waals surface area contributed by atoms with Gasteiger partial charge >= 0.3 is 6.18 Å². The highest BCUT2D eigenvalue weighted by Crippen LogP contribution is 2.30. The minimum absolute atomic E-state index is 0.00812. The summed E-state index contributed by atoms with van der Waals surface area (Å²) in [6.07, 6.45) is -2.76. The summed E-state index contributed by atoms with van der Waals surface area (Å²) in [6.45, 7) is 2.13. The molecule has 2 saturated heterocycles. The van der Waals surface area contributed by atoms with Gasteiger partial charge in [-0.15, -0.1) is 0 Å². The lowest BCUT2D eigenvalue weighted by atomic mass is 10.0. The van der Waals surface area contributed by atoms with Gasteiger partial charge in [0, 0.05) is 50.4 Å². The molecular formula is C25H28F3N3O3. The predicted molar refractivity (Wildman–Crippen MR) is 121 cm³/mol.